The Morgan fingerprint density at radius 2 is 2.25 bits per heavy atom. The van der Waals surface area contributed by atoms with Crippen molar-refractivity contribution in [3.05, 3.63) is 53.2 Å². The van der Waals surface area contributed by atoms with Crippen molar-refractivity contribution in [2.75, 3.05) is 18.1 Å². The van der Waals surface area contributed by atoms with Gasteiger partial charge in [-0.15, -0.1) is 0 Å². The lowest BCUT2D eigenvalue weighted by Crippen LogP contribution is -2.25. The van der Waals surface area contributed by atoms with E-state index < -0.39 is 17.5 Å². The van der Waals surface area contributed by atoms with Crippen molar-refractivity contribution in [2.45, 2.75) is 25.8 Å². The Morgan fingerprint density at radius 1 is 1.39 bits per heavy atom. The van der Waals surface area contributed by atoms with Crippen LogP contribution in [0.25, 0.3) is 11.0 Å². The zero-order valence-corrected chi connectivity index (χ0v) is 15.2. The summed E-state index contributed by atoms with van der Waals surface area (Å²) in [6.07, 6.45) is 2.91. The standard InChI is InChI=1S/C19H19F2N5O2/c1-2-28-25-19(27)11-8-14-17(22-10-11)23-24-18(14)26-7-3-4-16(26)13-9-12(20)5-6-15(13)21/h5-6,8-10,16H,2-4,7H2,1H3,(H,25,27)(H,22,23,24)/t16-/m1/s1. The molecular formula is C19H19F2N5O2. The molecule has 3 aromatic rings. The van der Waals surface area contributed by atoms with Crippen molar-refractivity contribution < 1.29 is 18.4 Å². The third-order valence-corrected chi connectivity index (χ3v) is 4.81. The molecule has 0 unspecified atom stereocenters. The molecule has 0 bridgehead atoms. The van der Waals surface area contributed by atoms with E-state index in [0.717, 1.165) is 18.6 Å². The number of pyridine rings is 1. The fourth-order valence-corrected chi connectivity index (χ4v) is 3.54. The largest absolute Gasteiger partial charge is 0.347 e. The minimum absolute atomic E-state index is 0.298. The van der Waals surface area contributed by atoms with Gasteiger partial charge in [0, 0.05) is 18.3 Å². The number of rotatable bonds is 5. The molecule has 0 spiro atoms. The number of halogens is 2. The lowest BCUT2D eigenvalue weighted by molar-refractivity contribution is 0.0364. The molecule has 0 radical (unpaired) electrons. The van der Waals surface area contributed by atoms with E-state index in [1.165, 1.54) is 12.3 Å². The maximum Gasteiger partial charge on any atom is 0.276 e. The quantitative estimate of drug-likeness (QED) is 0.657. The van der Waals surface area contributed by atoms with Crippen LogP contribution >= 0.6 is 0 Å². The normalized spacial score (nSPS) is 16.7. The molecule has 4 rings (SSSR count). The van der Waals surface area contributed by atoms with Gasteiger partial charge in [-0.1, -0.05) is 0 Å². The molecule has 2 N–H and O–H groups in total. The summed E-state index contributed by atoms with van der Waals surface area (Å²) in [7, 11) is 0. The van der Waals surface area contributed by atoms with E-state index in [0.29, 0.717) is 47.6 Å². The van der Waals surface area contributed by atoms with Crippen molar-refractivity contribution >= 4 is 22.8 Å². The summed E-state index contributed by atoms with van der Waals surface area (Å²) in [5.74, 6) is -0.794. The summed E-state index contributed by atoms with van der Waals surface area (Å²) in [4.78, 5) is 23.2. The number of benzene rings is 1. The number of fused-ring (bicyclic) bond motifs is 1. The Balaban J connectivity index is 1.71. The number of carbonyl (C=O) groups is 1. The highest BCUT2D eigenvalue weighted by Crippen LogP contribution is 2.39. The van der Waals surface area contributed by atoms with E-state index in [1.54, 1.807) is 13.0 Å². The van der Waals surface area contributed by atoms with Crippen molar-refractivity contribution in [2.24, 2.45) is 0 Å². The molecular weight excluding hydrogens is 368 g/mol. The number of aromatic amines is 1. The van der Waals surface area contributed by atoms with Gasteiger partial charge in [0.25, 0.3) is 5.91 Å². The van der Waals surface area contributed by atoms with Crippen molar-refractivity contribution in [1.82, 2.24) is 20.7 Å². The molecule has 9 heteroatoms. The van der Waals surface area contributed by atoms with Gasteiger partial charge in [0.15, 0.2) is 11.5 Å². The monoisotopic (exact) mass is 387 g/mol. The van der Waals surface area contributed by atoms with E-state index >= 15 is 0 Å². The molecule has 1 amide bonds. The van der Waals surface area contributed by atoms with Crippen LogP contribution in [0.15, 0.2) is 30.5 Å². The molecule has 7 nitrogen and oxygen atoms in total. The van der Waals surface area contributed by atoms with Crippen LogP contribution in [-0.4, -0.2) is 34.2 Å². The predicted molar refractivity (Wildman–Crippen MR) is 98.7 cm³/mol. The van der Waals surface area contributed by atoms with Gasteiger partial charge in [-0.05, 0) is 44.0 Å². The van der Waals surface area contributed by atoms with Crippen LogP contribution in [0.2, 0.25) is 0 Å². The van der Waals surface area contributed by atoms with Gasteiger partial charge in [0.2, 0.25) is 0 Å². The van der Waals surface area contributed by atoms with Crippen LogP contribution in [-0.2, 0) is 4.84 Å². The summed E-state index contributed by atoms with van der Waals surface area (Å²) in [5, 5.41) is 7.80. The molecule has 3 heterocycles. The van der Waals surface area contributed by atoms with Crippen LogP contribution in [0, 0.1) is 11.6 Å². The molecule has 1 atom stereocenters. The van der Waals surface area contributed by atoms with E-state index in [1.807, 2.05) is 4.90 Å². The van der Waals surface area contributed by atoms with Crippen molar-refractivity contribution in [1.29, 1.82) is 0 Å². The van der Waals surface area contributed by atoms with Crippen molar-refractivity contribution in [3.63, 3.8) is 0 Å². The van der Waals surface area contributed by atoms with Gasteiger partial charge in [0.05, 0.1) is 23.6 Å². The molecule has 1 aromatic carbocycles. The van der Waals surface area contributed by atoms with Gasteiger partial charge >= 0.3 is 0 Å². The number of carbonyl (C=O) groups excluding carboxylic acids is 1. The second kappa shape index (κ2) is 7.51. The highest BCUT2D eigenvalue weighted by atomic mass is 19.1. The number of H-pyrrole nitrogens is 1. The number of hydrogen-bond donors (Lipinski definition) is 2. The molecule has 1 aliphatic rings. The molecule has 0 saturated carbocycles. The molecule has 0 aliphatic carbocycles. The number of hydrogen-bond acceptors (Lipinski definition) is 5. The number of anilines is 1. The second-order valence-corrected chi connectivity index (χ2v) is 6.55. The number of aromatic nitrogens is 3. The smallest absolute Gasteiger partial charge is 0.276 e. The van der Waals surface area contributed by atoms with Crippen LogP contribution in [0.4, 0.5) is 14.6 Å². The first kappa shape index (κ1) is 18.3. The number of hydroxylamine groups is 1. The lowest BCUT2D eigenvalue weighted by atomic mass is 10.0. The molecule has 1 saturated heterocycles. The summed E-state index contributed by atoms with van der Waals surface area (Å²) < 4.78 is 28.0. The van der Waals surface area contributed by atoms with Crippen LogP contribution in [0.5, 0.6) is 0 Å². The summed E-state index contributed by atoms with van der Waals surface area (Å²) in [5.41, 5.74) is 3.45. The van der Waals surface area contributed by atoms with E-state index in [9.17, 15) is 13.6 Å². The highest BCUT2D eigenvalue weighted by Gasteiger charge is 2.31. The Bertz CT molecular complexity index is 1020. The maximum absolute atomic E-state index is 14.3. The minimum atomic E-state index is -0.480. The zero-order chi connectivity index (χ0) is 19.7. The fourth-order valence-electron chi connectivity index (χ4n) is 3.54. The minimum Gasteiger partial charge on any atom is -0.347 e. The summed E-state index contributed by atoms with van der Waals surface area (Å²) >= 11 is 0. The maximum atomic E-state index is 14.3. The number of nitrogens with one attached hydrogen (secondary N) is 2. The van der Waals surface area contributed by atoms with E-state index in [4.69, 9.17) is 4.84 Å². The van der Waals surface area contributed by atoms with Crippen LogP contribution in [0.1, 0.15) is 41.7 Å². The molecule has 28 heavy (non-hydrogen) atoms. The predicted octanol–water partition coefficient (Wildman–Crippen LogP) is 3.26. The van der Waals surface area contributed by atoms with Gasteiger partial charge in [-0.25, -0.2) is 19.2 Å². The van der Waals surface area contributed by atoms with Crippen LogP contribution in [0.3, 0.4) is 0 Å². The van der Waals surface area contributed by atoms with Gasteiger partial charge < -0.3 is 4.90 Å². The Hall–Kier alpha value is -3.07. The third-order valence-electron chi connectivity index (χ3n) is 4.81. The first-order chi connectivity index (χ1) is 13.6. The Labute approximate surface area is 159 Å². The average molecular weight is 387 g/mol. The Morgan fingerprint density at radius 3 is 3.07 bits per heavy atom. The van der Waals surface area contributed by atoms with Crippen LogP contribution < -0.4 is 10.4 Å². The Kier molecular flexibility index (Phi) is 4.91. The van der Waals surface area contributed by atoms with Crippen molar-refractivity contribution in [3.8, 4) is 0 Å². The molecule has 1 aliphatic heterocycles. The zero-order valence-electron chi connectivity index (χ0n) is 15.2. The second-order valence-electron chi connectivity index (χ2n) is 6.55. The first-order valence-corrected chi connectivity index (χ1v) is 9.06. The van der Waals surface area contributed by atoms with Gasteiger partial charge in [-0.3, -0.25) is 14.7 Å². The summed E-state index contributed by atoms with van der Waals surface area (Å²) in [6.45, 7) is 2.73. The first-order valence-electron chi connectivity index (χ1n) is 9.06. The fraction of sp³-hybridized carbons (Fsp3) is 0.316. The molecule has 1 fully saturated rings. The van der Waals surface area contributed by atoms with Gasteiger partial charge in [0.1, 0.15) is 11.6 Å². The molecule has 2 aromatic heterocycles. The van der Waals surface area contributed by atoms with E-state index in [-0.39, 0.29) is 6.04 Å². The lowest BCUT2D eigenvalue weighted by Gasteiger charge is -2.25. The molecule has 146 valence electrons. The number of amides is 1. The average Bonchev–Trinajstić information content (AvgIpc) is 3.33. The topological polar surface area (TPSA) is 83.1 Å². The SMILES string of the molecule is CCONC(=O)c1cnc2[nH]nc(N3CCC[C@@H]3c3cc(F)ccc3F)c2c1. The third kappa shape index (κ3) is 3.29. The van der Waals surface area contributed by atoms with E-state index in [2.05, 4.69) is 20.7 Å². The summed E-state index contributed by atoms with van der Waals surface area (Å²) in [6, 6.07) is 4.79. The highest BCUT2D eigenvalue weighted by molar-refractivity contribution is 5.98. The number of nitrogens with zero attached hydrogens (tertiary/aromatic N) is 3. The van der Waals surface area contributed by atoms with Gasteiger partial charge in [-0.2, -0.15) is 5.10 Å².